The van der Waals surface area contributed by atoms with Gasteiger partial charge < -0.3 is 4.98 Å². The molecule has 0 radical (unpaired) electrons. The molecule has 1 N–H and O–H groups in total. The third kappa shape index (κ3) is 2.40. The van der Waals surface area contributed by atoms with Gasteiger partial charge in [-0.3, -0.25) is 4.57 Å². The molecule has 3 nitrogen and oxygen atoms in total. The zero-order chi connectivity index (χ0) is 15.2. The number of aromatic nitrogens is 3. The normalized spacial score (nSPS) is 12.0. The van der Waals surface area contributed by atoms with E-state index in [1.807, 2.05) is 29.7 Å². The quantitative estimate of drug-likeness (QED) is 0.661. The third-order valence-corrected chi connectivity index (χ3v) is 3.91. The molecule has 0 saturated heterocycles. The maximum atomic E-state index is 5.53. The van der Waals surface area contributed by atoms with Crippen molar-refractivity contribution in [1.29, 1.82) is 0 Å². The van der Waals surface area contributed by atoms with E-state index < -0.39 is 0 Å². The minimum absolute atomic E-state index is 0.0405. The van der Waals surface area contributed by atoms with Gasteiger partial charge in [0.1, 0.15) is 0 Å². The summed E-state index contributed by atoms with van der Waals surface area (Å²) in [7, 11) is 0. The van der Waals surface area contributed by atoms with E-state index in [-0.39, 0.29) is 5.41 Å². The van der Waals surface area contributed by atoms with Crippen LogP contribution in [0.2, 0.25) is 0 Å². The molecule has 0 atom stereocenters. The molecule has 2 aromatic heterocycles. The first kappa shape index (κ1) is 14.0. The molecule has 3 aromatic rings. The van der Waals surface area contributed by atoms with Crippen molar-refractivity contribution < 1.29 is 0 Å². The fourth-order valence-corrected chi connectivity index (χ4v) is 2.90. The molecule has 2 heterocycles. The number of imidazole rings is 1. The van der Waals surface area contributed by atoms with Gasteiger partial charge in [-0.1, -0.05) is 39.0 Å². The van der Waals surface area contributed by atoms with Crippen molar-refractivity contribution in [3.05, 3.63) is 52.4 Å². The molecule has 0 fully saturated rings. The zero-order valence-corrected chi connectivity index (χ0v) is 13.6. The molecular weight excluding hydrogens is 278 g/mol. The highest BCUT2D eigenvalue weighted by molar-refractivity contribution is 7.71. The van der Waals surface area contributed by atoms with Gasteiger partial charge >= 0.3 is 0 Å². The topological polar surface area (TPSA) is 33.6 Å². The molecule has 4 heteroatoms. The molecule has 0 unspecified atom stereocenters. The second kappa shape index (κ2) is 4.81. The van der Waals surface area contributed by atoms with Crippen molar-refractivity contribution in [2.24, 2.45) is 0 Å². The fourth-order valence-electron chi connectivity index (χ4n) is 2.60. The van der Waals surface area contributed by atoms with E-state index in [1.54, 1.807) is 0 Å². The van der Waals surface area contributed by atoms with E-state index in [0.717, 1.165) is 22.5 Å². The van der Waals surface area contributed by atoms with Crippen LogP contribution in [0, 0.1) is 11.7 Å². The summed E-state index contributed by atoms with van der Waals surface area (Å²) < 4.78 is 2.72. The average Bonchev–Trinajstić information content (AvgIpc) is 2.73. The number of aryl methyl sites for hydroxylation is 1. The zero-order valence-electron chi connectivity index (χ0n) is 12.8. The fraction of sp³-hybridized carbons (Fsp3) is 0.294. The van der Waals surface area contributed by atoms with E-state index in [9.17, 15) is 0 Å². The van der Waals surface area contributed by atoms with Crippen LogP contribution in [0.1, 0.15) is 32.0 Å². The Balaban J connectivity index is 2.39. The lowest BCUT2D eigenvalue weighted by Crippen LogP contribution is -2.15. The number of H-pyrrole nitrogens is 1. The molecular formula is C17H19N3S. The molecule has 0 amide bonds. The van der Waals surface area contributed by atoms with Gasteiger partial charge in [-0.25, -0.2) is 4.98 Å². The van der Waals surface area contributed by atoms with Crippen LogP contribution >= 0.6 is 12.2 Å². The number of rotatable bonds is 1. The standard InChI is InChI=1S/C17H19N3S/c1-11-9-10-13-15(18-11)20(16(21)19-13)14-8-6-5-7-12(14)17(2,3)4/h5-10H,1-4H3,(H,19,21). The molecule has 0 aliphatic rings. The lowest BCUT2D eigenvalue weighted by atomic mass is 9.86. The summed E-state index contributed by atoms with van der Waals surface area (Å²) in [4.78, 5) is 7.91. The Morgan fingerprint density at radius 2 is 1.81 bits per heavy atom. The van der Waals surface area contributed by atoms with Crippen molar-refractivity contribution in [2.45, 2.75) is 33.1 Å². The largest absolute Gasteiger partial charge is 0.329 e. The SMILES string of the molecule is Cc1ccc2[nH]c(=S)n(-c3ccccc3C(C)(C)C)c2n1. The van der Waals surface area contributed by atoms with Crippen molar-refractivity contribution in [2.75, 3.05) is 0 Å². The van der Waals surface area contributed by atoms with Crippen LogP contribution in [0.5, 0.6) is 0 Å². The second-order valence-electron chi connectivity index (χ2n) is 6.36. The van der Waals surface area contributed by atoms with Crippen molar-refractivity contribution >= 4 is 23.4 Å². The Hall–Kier alpha value is -1.94. The van der Waals surface area contributed by atoms with E-state index in [4.69, 9.17) is 12.2 Å². The summed E-state index contributed by atoms with van der Waals surface area (Å²) in [6.45, 7) is 8.63. The minimum Gasteiger partial charge on any atom is -0.329 e. The maximum Gasteiger partial charge on any atom is 0.184 e. The lowest BCUT2D eigenvalue weighted by molar-refractivity contribution is 0.586. The molecule has 0 aliphatic heterocycles. The van der Waals surface area contributed by atoms with Gasteiger partial charge in [0.05, 0.1) is 11.2 Å². The molecule has 0 spiro atoms. The van der Waals surface area contributed by atoms with Crippen LogP contribution in [0.3, 0.4) is 0 Å². The molecule has 1 aromatic carbocycles. The molecule has 3 rings (SSSR count). The number of fused-ring (bicyclic) bond motifs is 1. The summed E-state index contributed by atoms with van der Waals surface area (Å²) in [5.74, 6) is 0. The van der Waals surface area contributed by atoms with E-state index in [0.29, 0.717) is 4.77 Å². The van der Waals surface area contributed by atoms with Crippen LogP contribution in [-0.2, 0) is 5.41 Å². The Labute approximate surface area is 129 Å². The number of para-hydroxylation sites is 1. The van der Waals surface area contributed by atoms with Crippen molar-refractivity contribution in [3.8, 4) is 5.69 Å². The minimum atomic E-state index is 0.0405. The Bertz CT molecular complexity index is 866. The van der Waals surface area contributed by atoms with E-state index in [2.05, 4.69) is 48.9 Å². The molecule has 0 saturated carbocycles. The summed E-state index contributed by atoms with van der Waals surface area (Å²) in [5.41, 5.74) is 5.23. The molecule has 0 aliphatic carbocycles. The summed E-state index contributed by atoms with van der Waals surface area (Å²) in [6, 6.07) is 12.4. The predicted molar refractivity (Wildman–Crippen MR) is 89.7 cm³/mol. The summed E-state index contributed by atoms with van der Waals surface area (Å²) >= 11 is 5.53. The van der Waals surface area contributed by atoms with Gasteiger partial charge in [0, 0.05) is 5.69 Å². The number of nitrogens with zero attached hydrogens (tertiary/aromatic N) is 2. The first-order chi connectivity index (χ1) is 9.88. The van der Waals surface area contributed by atoms with E-state index in [1.165, 1.54) is 5.56 Å². The van der Waals surface area contributed by atoms with Crippen LogP contribution in [-0.4, -0.2) is 14.5 Å². The van der Waals surface area contributed by atoms with Crippen molar-refractivity contribution in [1.82, 2.24) is 14.5 Å². The third-order valence-electron chi connectivity index (χ3n) is 3.62. The first-order valence-electron chi connectivity index (χ1n) is 7.06. The molecule has 108 valence electrons. The lowest BCUT2D eigenvalue weighted by Gasteiger charge is -2.23. The number of pyridine rings is 1. The predicted octanol–water partition coefficient (Wildman–Crippen LogP) is 4.69. The smallest absolute Gasteiger partial charge is 0.184 e. The average molecular weight is 297 g/mol. The number of nitrogens with one attached hydrogen (secondary N) is 1. The van der Waals surface area contributed by atoms with Gasteiger partial charge in [-0.2, -0.15) is 0 Å². The molecule has 0 bridgehead atoms. The van der Waals surface area contributed by atoms with Gasteiger partial charge in [0.15, 0.2) is 10.4 Å². The van der Waals surface area contributed by atoms with Crippen LogP contribution in [0.4, 0.5) is 0 Å². The Morgan fingerprint density at radius 1 is 1.10 bits per heavy atom. The van der Waals surface area contributed by atoms with Gasteiger partial charge in [-0.15, -0.1) is 0 Å². The molecule has 21 heavy (non-hydrogen) atoms. The summed E-state index contributed by atoms with van der Waals surface area (Å²) in [6.07, 6.45) is 0. The highest BCUT2D eigenvalue weighted by atomic mass is 32.1. The summed E-state index contributed by atoms with van der Waals surface area (Å²) in [5, 5.41) is 0. The van der Waals surface area contributed by atoms with Gasteiger partial charge in [0.25, 0.3) is 0 Å². The van der Waals surface area contributed by atoms with Crippen LogP contribution in [0.15, 0.2) is 36.4 Å². The number of hydrogen-bond donors (Lipinski definition) is 1. The monoisotopic (exact) mass is 297 g/mol. The maximum absolute atomic E-state index is 5.53. The van der Waals surface area contributed by atoms with Crippen LogP contribution < -0.4 is 0 Å². The number of hydrogen-bond acceptors (Lipinski definition) is 2. The van der Waals surface area contributed by atoms with Crippen LogP contribution in [0.25, 0.3) is 16.9 Å². The Morgan fingerprint density at radius 3 is 2.52 bits per heavy atom. The van der Waals surface area contributed by atoms with E-state index >= 15 is 0 Å². The Kier molecular flexibility index (Phi) is 3.21. The second-order valence-corrected chi connectivity index (χ2v) is 6.74. The number of benzene rings is 1. The van der Waals surface area contributed by atoms with Gasteiger partial charge in [0.2, 0.25) is 0 Å². The number of aromatic amines is 1. The highest BCUT2D eigenvalue weighted by Crippen LogP contribution is 2.30. The highest BCUT2D eigenvalue weighted by Gasteiger charge is 2.20. The first-order valence-corrected chi connectivity index (χ1v) is 7.47. The van der Waals surface area contributed by atoms with Gasteiger partial charge in [-0.05, 0) is 48.3 Å². The van der Waals surface area contributed by atoms with Crippen molar-refractivity contribution in [3.63, 3.8) is 0 Å².